The quantitative estimate of drug-likeness (QED) is 0.0941. The lowest BCUT2D eigenvalue weighted by Crippen LogP contribution is -2.45. The minimum absolute atomic E-state index is 0.00420. The van der Waals surface area contributed by atoms with Gasteiger partial charge < -0.3 is 38.7 Å². The fraction of sp³-hybridized carbons (Fsp3) is 0.435. The van der Waals surface area contributed by atoms with Gasteiger partial charge in [0.2, 0.25) is 0 Å². The maximum atomic E-state index is 13.6. The van der Waals surface area contributed by atoms with Crippen molar-refractivity contribution in [3.63, 3.8) is 0 Å². The highest BCUT2D eigenvalue weighted by Crippen LogP contribution is 2.36. The number of ether oxygens (including phenoxy) is 4. The highest BCUT2D eigenvalue weighted by atomic mass is 127. The summed E-state index contributed by atoms with van der Waals surface area (Å²) in [5, 5.41) is 4.98. The van der Waals surface area contributed by atoms with Gasteiger partial charge in [-0.3, -0.25) is 9.59 Å². The standard InChI is InChI=1S/C23H27F3N2O5.C15H20INO4.C8H10INO/c1-13-11-16(23(24,25)26)18(19(29)28(13)5)15-9-7-14(8-10-15)12-17(20(30)32-6)27-21(31)33-22(2,3)4;1-15(2,3)21-14(19)17-12(13(18)20-4)9-10-5-7-11(16)8-6-10;1-5-4-6(2)10(3)8(11)7(5)9/h7-11,17H,12H2,1-6H3,(H,27,31);5-8,12H,9H2,1-4H3,(H,17,19);4H,1-3H3. The van der Waals surface area contributed by atoms with Gasteiger partial charge in [-0.1, -0.05) is 36.4 Å². The molecule has 2 N–H and O–H groups in total. The number of alkyl carbamates (subject to hydrolysis) is 2. The fourth-order valence-corrected chi connectivity index (χ4v) is 6.62. The number of hydrogen-bond acceptors (Lipinski definition) is 10. The number of pyridine rings is 2. The van der Waals surface area contributed by atoms with Gasteiger partial charge in [-0.05, 0) is 154 Å². The first kappa shape index (κ1) is 56.2. The van der Waals surface area contributed by atoms with Crippen LogP contribution >= 0.6 is 45.2 Å². The minimum Gasteiger partial charge on any atom is -0.467 e. The van der Waals surface area contributed by atoms with Crippen LogP contribution in [-0.4, -0.2) is 70.8 Å². The molecule has 14 nitrogen and oxygen atoms in total. The predicted molar refractivity (Wildman–Crippen MR) is 258 cm³/mol. The van der Waals surface area contributed by atoms with Crippen molar-refractivity contribution < 1.29 is 51.3 Å². The number of halogens is 5. The topological polar surface area (TPSA) is 173 Å². The van der Waals surface area contributed by atoms with Crippen LogP contribution in [0.4, 0.5) is 22.8 Å². The number of amides is 2. The zero-order valence-corrected chi connectivity index (χ0v) is 43.0. The van der Waals surface area contributed by atoms with E-state index in [-0.39, 0.29) is 23.2 Å². The molecule has 0 radical (unpaired) electrons. The van der Waals surface area contributed by atoms with E-state index in [1.807, 2.05) is 44.2 Å². The molecule has 0 bridgehead atoms. The average Bonchev–Trinajstić information content (AvgIpc) is 3.20. The number of rotatable bonds is 9. The number of alkyl halides is 3. The van der Waals surface area contributed by atoms with Gasteiger partial charge in [0.15, 0.2) is 0 Å². The Bertz CT molecular complexity index is 2390. The minimum atomic E-state index is -4.71. The lowest BCUT2D eigenvalue weighted by atomic mass is 9.97. The summed E-state index contributed by atoms with van der Waals surface area (Å²) in [4.78, 5) is 71.7. The van der Waals surface area contributed by atoms with E-state index in [0.717, 1.165) is 34.6 Å². The molecule has 4 aromatic rings. The molecule has 356 valence electrons. The number of carbonyl (C=O) groups is 4. The van der Waals surface area contributed by atoms with E-state index in [1.54, 1.807) is 53.2 Å². The van der Waals surface area contributed by atoms with E-state index in [9.17, 15) is 41.9 Å². The molecule has 0 spiro atoms. The smallest absolute Gasteiger partial charge is 0.417 e. The van der Waals surface area contributed by atoms with Crippen molar-refractivity contribution in [2.24, 2.45) is 14.1 Å². The van der Waals surface area contributed by atoms with Crippen molar-refractivity contribution in [1.82, 2.24) is 19.8 Å². The zero-order valence-electron chi connectivity index (χ0n) is 38.7. The van der Waals surface area contributed by atoms with E-state index in [1.165, 1.54) is 52.5 Å². The van der Waals surface area contributed by atoms with Crippen molar-refractivity contribution >= 4 is 69.3 Å². The third-order valence-electron chi connectivity index (χ3n) is 9.16. The number of benzene rings is 2. The van der Waals surface area contributed by atoms with Gasteiger partial charge in [-0.25, -0.2) is 19.2 Å². The summed E-state index contributed by atoms with van der Waals surface area (Å²) in [6.07, 6.45) is -5.80. The van der Waals surface area contributed by atoms with Crippen molar-refractivity contribution in [3.05, 3.63) is 122 Å². The number of aryl methyl sites for hydroxylation is 3. The Balaban J connectivity index is 0.000000384. The molecule has 19 heteroatoms. The molecular formula is C46H57F3I2N4O10. The number of nitrogens with zero attached hydrogens (tertiary/aromatic N) is 2. The molecule has 0 saturated heterocycles. The van der Waals surface area contributed by atoms with Crippen molar-refractivity contribution in [2.45, 2.75) is 105 Å². The van der Waals surface area contributed by atoms with Crippen LogP contribution in [-0.2, 0) is 61.6 Å². The van der Waals surface area contributed by atoms with E-state index < -0.39 is 70.3 Å². The average molecular weight is 1140 g/mol. The predicted octanol–water partition coefficient (Wildman–Crippen LogP) is 8.50. The maximum Gasteiger partial charge on any atom is 0.417 e. The van der Waals surface area contributed by atoms with Crippen LogP contribution in [0.3, 0.4) is 0 Å². The maximum absolute atomic E-state index is 13.6. The Hall–Kier alpha value is -4.93. The first-order chi connectivity index (χ1) is 29.9. The van der Waals surface area contributed by atoms with Crippen LogP contribution in [0, 0.1) is 27.9 Å². The first-order valence-corrected chi connectivity index (χ1v) is 22.1. The number of aromatic nitrogens is 2. The third kappa shape index (κ3) is 18.1. The van der Waals surface area contributed by atoms with Crippen molar-refractivity contribution in [2.75, 3.05) is 14.2 Å². The highest BCUT2D eigenvalue weighted by Gasteiger charge is 2.36. The summed E-state index contributed by atoms with van der Waals surface area (Å²) >= 11 is 4.28. The first-order valence-electron chi connectivity index (χ1n) is 20.0. The second-order valence-electron chi connectivity index (χ2n) is 16.8. The Kier molecular flexibility index (Phi) is 20.8. The van der Waals surface area contributed by atoms with Crippen LogP contribution in [0.25, 0.3) is 11.1 Å². The Labute approximate surface area is 404 Å². The van der Waals surface area contributed by atoms with Crippen molar-refractivity contribution in [1.29, 1.82) is 0 Å². The van der Waals surface area contributed by atoms with Crippen LogP contribution in [0.2, 0.25) is 0 Å². The van der Waals surface area contributed by atoms with E-state index >= 15 is 0 Å². The molecule has 4 rings (SSSR count). The lowest BCUT2D eigenvalue weighted by molar-refractivity contribution is -0.143. The molecular weight excluding hydrogens is 1080 g/mol. The second kappa shape index (κ2) is 24.0. The Morgan fingerprint density at radius 2 is 1.03 bits per heavy atom. The van der Waals surface area contributed by atoms with Gasteiger partial charge in [-0.15, -0.1) is 0 Å². The summed E-state index contributed by atoms with van der Waals surface area (Å²) in [5.41, 5.74) is 0.258. The molecule has 0 aliphatic rings. The molecule has 2 aromatic heterocycles. The monoisotopic (exact) mass is 1140 g/mol. The molecule has 2 amide bonds. The number of hydrogen-bond donors (Lipinski definition) is 2. The van der Waals surface area contributed by atoms with E-state index in [0.29, 0.717) is 12.0 Å². The second-order valence-corrected chi connectivity index (χ2v) is 19.1. The molecule has 2 unspecified atom stereocenters. The van der Waals surface area contributed by atoms with Crippen LogP contribution < -0.4 is 21.8 Å². The molecule has 2 heterocycles. The molecule has 2 atom stereocenters. The van der Waals surface area contributed by atoms with Gasteiger partial charge in [-0.2, -0.15) is 13.2 Å². The van der Waals surface area contributed by atoms with Gasteiger partial charge in [0.1, 0.15) is 23.3 Å². The number of methoxy groups -OCH3 is 2. The fourth-order valence-electron chi connectivity index (χ4n) is 5.74. The molecule has 65 heavy (non-hydrogen) atoms. The molecule has 0 aliphatic heterocycles. The van der Waals surface area contributed by atoms with Gasteiger partial charge >= 0.3 is 30.3 Å². The number of nitrogens with one attached hydrogen (secondary N) is 2. The summed E-state index contributed by atoms with van der Waals surface area (Å²) < 4.78 is 65.3. The van der Waals surface area contributed by atoms with Gasteiger partial charge in [0.05, 0.1) is 28.9 Å². The Morgan fingerprint density at radius 1 is 0.646 bits per heavy atom. The molecule has 0 fully saturated rings. The summed E-state index contributed by atoms with van der Waals surface area (Å²) in [5.74, 6) is -1.21. The zero-order chi connectivity index (χ0) is 49.8. The van der Waals surface area contributed by atoms with Gasteiger partial charge in [0.25, 0.3) is 11.1 Å². The van der Waals surface area contributed by atoms with E-state index in [4.69, 9.17) is 18.9 Å². The SMILES string of the molecule is COC(=O)C(Cc1ccc(-c2c(C(F)(F)F)cc(C)n(C)c2=O)cc1)NC(=O)OC(C)(C)C.COC(=O)C(Cc1ccc(I)cc1)NC(=O)OC(C)(C)C.Cc1cc(C)n(C)c(=O)c1I. The summed E-state index contributed by atoms with van der Waals surface area (Å²) in [7, 11) is 5.65. The normalized spacial score (nSPS) is 12.2. The summed E-state index contributed by atoms with van der Waals surface area (Å²) in [6.45, 7) is 15.6. The van der Waals surface area contributed by atoms with Crippen LogP contribution in [0.5, 0.6) is 0 Å². The van der Waals surface area contributed by atoms with Crippen LogP contribution in [0.15, 0.2) is 70.3 Å². The highest BCUT2D eigenvalue weighted by molar-refractivity contribution is 14.1. The molecule has 0 aliphatic carbocycles. The van der Waals surface area contributed by atoms with E-state index in [2.05, 4.69) is 55.8 Å². The van der Waals surface area contributed by atoms with Crippen molar-refractivity contribution in [3.8, 4) is 11.1 Å². The number of esters is 2. The third-order valence-corrected chi connectivity index (χ3v) is 11.2. The summed E-state index contributed by atoms with van der Waals surface area (Å²) in [6, 6.07) is 14.5. The molecule has 2 aromatic carbocycles. The van der Waals surface area contributed by atoms with Crippen LogP contribution in [0.1, 0.15) is 75.2 Å². The largest absolute Gasteiger partial charge is 0.467 e. The lowest BCUT2D eigenvalue weighted by Gasteiger charge is -2.22. The number of carbonyl (C=O) groups excluding carboxylic acids is 4. The van der Waals surface area contributed by atoms with Gasteiger partial charge in [0, 0.05) is 41.9 Å². The molecule has 0 saturated carbocycles. The Morgan fingerprint density at radius 3 is 1.42 bits per heavy atom.